The lowest BCUT2D eigenvalue weighted by Crippen LogP contribution is -2.42. The molecule has 140 valence electrons. The molecule has 0 unspecified atom stereocenters. The van der Waals surface area contributed by atoms with Gasteiger partial charge >= 0.3 is 5.69 Å². The summed E-state index contributed by atoms with van der Waals surface area (Å²) in [5, 5.41) is 0. The third kappa shape index (κ3) is 3.35. The molecule has 1 fully saturated rings. The predicted molar refractivity (Wildman–Crippen MR) is 104 cm³/mol. The molecule has 0 aliphatic heterocycles. The van der Waals surface area contributed by atoms with Gasteiger partial charge in [0.1, 0.15) is 5.75 Å². The highest BCUT2D eigenvalue weighted by atomic mass is 16.5. The minimum Gasteiger partial charge on any atom is -0.440 e. The van der Waals surface area contributed by atoms with Gasteiger partial charge in [-0.25, -0.2) is 4.79 Å². The summed E-state index contributed by atoms with van der Waals surface area (Å²) < 4.78 is 9.19. The van der Waals surface area contributed by atoms with E-state index in [0.717, 1.165) is 36.8 Å². The summed E-state index contributed by atoms with van der Waals surface area (Å²) in [5.41, 5.74) is 2.19. The quantitative estimate of drug-likeness (QED) is 0.825. The number of aryl methyl sites for hydroxylation is 2. The van der Waals surface area contributed by atoms with Gasteiger partial charge in [0.05, 0.1) is 5.56 Å². The van der Waals surface area contributed by atoms with E-state index in [1.54, 1.807) is 11.6 Å². The minimum absolute atomic E-state index is 0.0390. The van der Waals surface area contributed by atoms with Crippen molar-refractivity contribution in [1.82, 2.24) is 9.13 Å². The van der Waals surface area contributed by atoms with Crippen molar-refractivity contribution in [2.24, 2.45) is 7.05 Å². The van der Waals surface area contributed by atoms with Crippen molar-refractivity contribution in [1.29, 1.82) is 0 Å². The summed E-state index contributed by atoms with van der Waals surface area (Å²) in [6.45, 7) is 7.96. The molecule has 3 rings (SSSR count). The fourth-order valence-corrected chi connectivity index (χ4v) is 3.92. The summed E-state index contributed by atoms with van der Waals surface area (Å²) in [4.78, 5) is 25.8. The molecule has 1 aromatic heterocycles. The smallest absolute Gasteiger partial charge is 0.333 e. The molecular weight excluding hydrogens is 328 g/mol. The van der Waals surface area contributed by atoms with Gasteiger partial charge in [0.2, 0.25) is 5.88 Å². The van der Waals surface area contributed by atoms with Gasteiger partial charge in [0.25, 0.3) is 5.56 Å². The zero-order valence-electron chi connectivity index (χ0n) is 16.3. The van der Waals surface area contributed by atoms with Crippen molar-refractivity contribution < 1.29 is 4.74 Å². The van der Waals surface area contributed by atoms with E-state index in [9.17, 15) is 9.59 Å². The van der Waals surface area contributed by atoms with Crippen LogP contribution in [-0.4, -0.2) is 9.13 Å². The van der Waals surface area contributed by atoms with Crippen molar-refractivity contribution in [3.8, 4) is 11.6 Å². The van der Waals surface area contributed by atoms with E-state index in [1.807, 2.05) is 39.8 Å². The van der Waals surface area contributed by atoms with Crippen LogP contribution in [-0.2, 0) is 7.05 Å². The second kappa shape index (κ2) is 7.14. The topological polar surface area (TPSA) is 53.2 Å². The zero-order valence-corrected chi connectivity index (χ0v) is 16.3. The Bertz CT molecular complexity index is 911. The van der Waals surface area contributed by atoms with Crippen LogP contribution in [0.15, 0.2) is 27.8 Å². The molecule has 5 heteroatoms. The van der Waals surface area contributed by atoms with E-state index in [2.05, 4.69) is 6.07 Å². The normalized spacial score (nSPS) is 15.0. The molecule has 1 heterocycles. The molecule has 0 amide bonds. The van der Waals surface area contributed by atoms with Crippen LogP contribution >= 0.6 is 0 Å². The van der Waals surface area contributed by atoms with Crippen LogP contribution in [0.3, 0.4) is 0 Å². The minimum atomic E-state index is -0.286. The van der Waals surface area contributed by atoms with Crippen molar-refractivity contribution in [2.45, 2.75) is 65.3 Å². The van der Waals surface area contributed by atoms with E-state index in [4.69, 9.17) is 4.74 Å². The summed E-state index contributed by atoms with van der Waals surface area (Å²) in [6, 6.07) is 6.05. The van der Waals surface area contributed by atoms with E-state index in [-0.39, 0.29) is 23.2 Å². The Morgan fingerprint density at radius 1 is 1.04 bits per heavy atom. The maximum Gasteiger partial charge on any atom is 0.333 e. The van der Waals surface area contributed by atoms with Gasteiger partial charge < -0.3 is 4.74 Å². The van der Waals surface area contributed by atoms with Crippen molar-refractivity contribution in [2.75, 3.05) is 0 Å². The molecule has 0 atom stereocenters. The van der Waals surface area contributed by atoms with Gasteiger partial charge in [-0.05, 0) is 55.9 Å². The standard InChI is InChI=1S/C21H28N2O3/c1-13(2)18-19(24)22(5)21(25)23(16-8-6-7-9-16)20(18)26-17-11-14(3)10-15(4)12-17/h10-13,16H,6-9H2,1-5H3. The summed E-state index contributed by atoms with van der Waals surface area (Å²) in [6.07, 6.45) is 4.08. The highest BCUT2D eigenvalue weighted by molar-refractivity contribution is 5.38. The monoisotopic (exact) mass is 356 g/mol. The molecule has 2 aromatic rings. The third-order valence-electron chi connectivity index (χ3n) is 5.15. The Kier molecular flexibility index (Phi) is 5.08. The molecule has 1 aliphatic carbocycles. The molecule has 1 saturated carbocycles. The largest absolute Gasteiger partial charge is 0.440 e. The number of hydrogen-bond acceptors (Lipinski definition) is 3. The first-order chi connectivity index (χ1) is 12.3. The van der Waals surface area contributed by atoms with Crippen molar-refractivity contribution in [3.63, 3.8) is 0 Å². The van der Waals surface area contributed by atoms with E-state index >= 15 is 0 Å². The maximum atomic E-state index is 12.9. The van der Waals surface area contributed by atoms with Crippen LogP contribution in [0.5, 0.6) is 11.6 Å². The van der Waals surface area contributed by atoms with E-state index in [0.29, 0.717) is 17.2 Å². The molecule has 1 aromatic carbocycles. The zero-order chi connectivity index (χ0) is 19.0. The lowest BCUT2D eigenvalue weighted by atomic mass is 10.1. The van der Waals surface area contributed by atoms with Gasteiger partial charge in [-0.15, -0.1) is 0 Å². The number of benzene rings is 1. The summed E-state index contributed by atoms with van der Waals surface area (Å²) in [5.74, 6) is 1.05. The Morgan fingerprint density at radius 3 is 2.15 bits per heavy atom. The van der Waals surface area contributed by atoms with Crippen LogP contribution in [0.1, 0.15) is 68.2 Å². The first-order valence-corrected chi connectivity index (χ1v) is 9.41. The molecule has 5 nitrogen and oxygen atoms in total. The lowest BCUT2D eigenvalue weighted by Gasteiger charge is -2.23. The van der Waals surface area contributed by atoms with E-state index < -0.39 is 0 Å². The van der Waals surface area contributed by atoms with Crippen LogP contribution < -0.4 is 16.0 Å². The third-order valence-corrected chi connectivity index (χ3v) is 5.15. The Labute approximate surface area is 154 Å². The highest BCUT2D eigenvalue weighted by Gasteiger charge is 2.28. The molecule has 0 N–H and O–H groups in total. The van der Waals surface area contributed by atoms with Gasteiger partial charge in [-0.2, -0.15) is 0 Å². The van der Waals surface area contributed by atoms with Gasteiger partial charge in [-0.1, -0.05) is 32.8 Å². The molecule has 26 heavy (non-hydrogen) atoms. The number of hydrogen-bond donors (Lipinski definition) is 0. The molecule has 0 spiro atoms. The Hall–Kier alpha value is -2.30. The van der Waals surface area contributed by atoms with Gasteiger partial charge in [0.15, 0.2) is 0 Å². The Morgan fingerprint density at radius 2 is 1.62 bits per heavy atom. The average molecular weight is 356 g/mol. The first kappa shape index (κ1) is 18.5. The predicted octanol–water partition coefficient (Wildman–Crippen LogP) is 4.19. The highest BCUT2D eigenvalue weighted by Crippen LogP contribution is 2.35. The van der Waals surface area contributed by atoms with Crippen LogP contribution in [0.25, 0.3) is 0 Å². The summed E-state index contributed by atoms with van der Waals surface area (Å²) in [7, 11) is 1.56. The molecular formula is C21H28N2O3. The fraction of sp³-hybridized carbons (Fsp3) is 0.524. The molecule has 1 aliphatic rings. The molecule has 0 saturated heterocycles. The second-order valence-electron chi connectivity index (χ2n) is 7.75. The van der Waals surface area contributed by atoms with Crippen LogP contribution in [0.2, 0.25) is 0 Å². The average Bonchev–Trinajstić information content (AvgIpc) is 3.05. The van der Waals surface area contributed by atoms with Crippen LogP contribution in [0, 0.1) is 13.8 Å². The molecule has 0 radical (unpaired) electrons. The van der Waals surface area contributed by atoms with Gasteiger partial charge in [0, 0.05) is 13.1 Å². The van der Waals surface area contributed by atoms with Crippen LogP contribution in [0.4, 0.5) is 0 Å². The number of aromatic nitrogens is 2. The number of ether oxygens (including phenoxy) is 1. The second-order valence-corrected chi connectivity index (χ2v) is 7.75. The number of nitrogens with zero attached hydrogens (tertiary/aromatic N) is 2. The molecule has 0 bridgehead atoms. The van der Waals surface area contributed by atoms with Crippen molar-refractivity contribution >= 4 is 0 Å². The van der Waals surface area contributed by atoms with Crippen molar-refractivity contribution in [3.05, 3.63) is 55.7 Å². The van der Waals surface area contributed by atoms with E-state index in [1.165, 1.54) is 4.57 Å². The van der Waals surface area contributed by atoms with Gasteiger partial charge in [-0.3, -0.25) is 13.9 Å². The maximum absolute atomic E-state index is 12.9. The first-order valence-electron chi connectivity index (χ1n) is 9.41. The number of rotatable bonds is 4. The fourth-order valence-electron chi connectivity index (χ4n) is 3.92. The SMILES string of the molecule is Cc1cc(C)cc(Oc2c(C(C)C)c(=O)n(C)c(=O)n2C2CCCC2)c1. The Balaban J connectivity index is 2.26. The summed E-state index contributed by atoms with van der Waals surface area (Å²) >= 11 is 0. The lowest BCUT2D eigenvalue weighted by molar-refractivity contribution is 0.357.